The van der Waals surface area contributed by atoms with E-state index in [1.807, 2.05) is 0 Å². The summed E-state index contributed by atoms with van der Waals surface area (Å²) in [6.07, 6.45) is 6.40. The molecule has 0 spiro atoms. The lowest BCUT2D eigenvalue weighted by Gasteiger charge is -2.39. The Morgan fingerprint density at radius 3 is 1.88 bits per heavy atom. The first-order valence-electron chi connectivity index (χ1n) is 8.98. The Balaban J connectivity index is 1.83. The molecule has 3 rings (SSSR count). The van der Waals surface area contributed by atoms with Crippen LogP contribution in [-0.4, -0.2) is 15.6 Å². The van der Waals surface area contributed by atoms with Crippen molar-refractivity contribution in [2.45, 2.75) is 39.0 Å². The van der Waals surface area contributed by atoms with Crippen LogP contribution in [-0.2, 0) is 4.43 Å². The minimum absolute atomic E-state index is 0.178. The highest BCUT2D eigenvalue weighted by molar-refractivity contribution is 6.80. The van der Waals surface area contributed by atoms with Crippen molar-refractivity contribution in [3.63, 3.8) is 0 Å². The zero-order chi connectivity index (χ0) is 16.8. The molecule has 0 atom stereocenters. The lowest BCUT2D eigenvalue weighted by molar-refractivity contribution is 0.135. The average molecular weight is 336 g/mol. The molecule has 1 saturated carbocycles. The summed E-state index contributed by atoms with van der Waals surface area (Å²) in [4.78, 5) is 0. The van der Waals surface area contributed by atoms with Gasteiger partial charge in [0.1, 0.15) is 0 Å². The Kier molecular flexibility index (Phi) is 5.70. The fourth-order valence-electron chi connectivity index (χ4n) is 3.65. The summed E-state index contributed by atoms with van der Waals surface area (Å²) in [5.74, 6) is 0. The summed E-state index contributed by atoms with van der Waals surface area (Å²) in [7, 11) is -1.21. The van der Waals surface area contributed by atoms with Crippen molar-refractivity contribution in [2.24, 2.45) is 5.41 Å². The summed E-state index contributed by atoms with van der Waals surface area (Å²) >= 11 is 0. The maximum Gasteiger partial charge on any atom is 0.282 e. The fourth-order valence-corrected chi connectivity index (χ4v) is 5.72. The van der Waals surface area contributed by atoms with Crippen molar-refractivity contribution in [3.05, 3.63) is 72.8 Å². The molecule has 1 aliphatic carbocycles. The molecule has 0 N–H and O–H groups in total. The van der Waals surface area contributed by atoms with Gasteiger partial charge in [0, 0.05) is 12.0 Å². The van der Waals surface area contributed by atoms with Gasteiger partial charge in [-0.15, -0.1) is 0 Å². The van der Waals surface area contributed by atoms with E-state index >= 15 is 0 Å². The van der Waals surface area contributed by atoms with Crippen molar-refractivity contribution < 1.29 is 4.43 Å². The number of benzene rings is 2. The number of hydrogen-bond donors (Lipinski definition) is 0. The maximum absolute atomic E-state index is 6.66. The minimum Gasteiger partial charge on any atom is -0.407 e. The summed E-state index contributed by atoms with van der Waals surface area (Å²) in [5, 5.41) is 2.64. The van der Waals surface area contributed by atoms with Crippen LogP contribution >= 0.6 is 0 Å². The van der Waals surface area contributed by atoms with Crippen LogP contribution in [0.2, 0.25) is 0 Å². The van der Waals surface area contributed by atoms with Gasteiger partial charge in [-0.25, -0.2) is 0 Å². The van der Waals surface area contributed by atoms with Crippen molar-refractivity contribution in [1.82, 2.24) is 0 Å². The average Bonchev–Trinajstić information content (AvgIpc) is 2.64. The number of hydrogen-bond acceptors (Lipinski definition) is 1. The molecule has 0 heterocycles. The molecule has 0 unspecified atom stereocenters. The third-order valence-electron chi connectivity index (χ3n) is 5.28. The van der Waals surface area contributed by atoms with Crippen LogP contribution in [0, 0.1) is 5.41 Å². The van der Waals surface area contributed by atoms with E-state index in [9.17, 15) is 0 Å². The van der Waals surface area contributed by atoms with Gasteiger partial charge in [0.2, 0.25) is 0 Å². The van der Waals surface area contributed by atoms with Gasteiger partial charge in [-0.1, -0.05) is 92.1 Å². The largest absolute Gasteiger partial charge is 0.407 e. The van der Waals surface area contributed by atoms with Gasteiger partial charge in [-0.2, -0.15) is 0 Å². The van der Waals surface area contributed by atoms with Gasteiger partial charge in [0.25, 0.3) is 9.04 Å². The number of rotatable bonds is 6. The second-order valence-corrected chi connectivity index (χ2v) is 9.07. The smallest absolute Gasteiger partial charge is 0.282 e. The molecule has 1 fully saturated rings. The Labute approximate surface area is 148 Å². The first-order chi connectivity index (χ1) is 11.7. The van der Waals surface area contributed by atoms with Crippen LogP contribution in [0.5, 0.6) is 0 Å². The van der Waals surface area contributed by atoms with Gasteiger partial charge in [0.15, 0.2) is 0 Å². The van der Waals surface area contributed by atoms with E-state index in [-0.39, 0.29) is 5.41 Å². The van der Waals surface area contributed by atoms with E-state index in [1.54, 1.807) is 0 Å². The first-order valence-corrected chi connectivity index (χ1v) is 10.4. The van der Waals surface area contributed by atoms with Gasteiger partial charge >= 0.3 is 0 Å². The highest BCUT2D eigenvalue weighted by atomic mass is 28.3. The van der Waals surface area contributed by atoms with Gasteiger partial charge in [-0.05, 0) is 30.1 Å². The van der Waals surface area contributed by atoms with Crippen LogP contribution < -0.4 is 10.4 Å². The standard InChI is InChI=1S/C22H27OSi/c1-19(2)22(16-10-5-11-17-22)18-23-24(20-12-6-3-7-13-20)21-14-8-4-9-15-21/h3-4,6-9,12-15H,1,5,10-11,16-18H2,2H3. The van der Waals surface area contributed by atoms with Crippen LogP contribution in [0.25, 0.3) is 0 Å². The van der Waals surface area contributed by atoms with E-state index < -0.39 is 9.04 Å². The van der Waals surface area contributed by atoms with E-state index in [2.05, 4.69) is 74.2 Å². The molecule has 1 nitrogen and oxygen atoms in total. The summed E-state index contributed by atoms with van der Waals surface area (Å²) in [5.41, 5.74) is 1.47. The van der Waals surface area contributed by atoms with Gasteiger partial charge in [-0.3, -0.25) is 0 Å². The molecule has 1 aliphatic rings. The molecule has 1 radical (unpaired) electrons. The molecule has 2 heteroatoms. The Bertz CT molecular complexity index is 605. The topological polar surface area (TPSA) is 9.23 Å². The lowest BCUT2D eigenvalue weighted by Crippen LogP contribution is -2.47. The molecule has 0 saturated heterocycles. The minimum atomic E-state index is -1.21. The normalized spacial score (nSPS) is 16.9. The SMILES string of the molecule is C=C(C)C1(CO[Si](c2ccccc2)c2ccccc2)CCCCC1. The molecule has 2 aromatic rings. The predicted molar refractivity (Wildman–Crippen MR) is 104 cm³/mol. The predicted octanol–water partition coefficient (Wildman–Crippen LogP) is 4.34. The molecule has 0 aromatic heterocycles. The van der Waals surface area contributed by atoms with Crippen molar-refractivity contribution in [2.75, 3.05) is 6.61 Å². The van der Waals surface area contributed by atoms with Crippen LogP contribution in [0.1, 0.15) is 39.0 Å². The summed E-state index contributed by atoms with van der Waals surface area (Å²) in [6.45, 7) is 7.30. The van der Waals surface area contributed by atoms with E-state index in [0.717, 1.165) is 6.61 Å². The second-order valence-electron chi connectivity index (χ2n) is 6.97. The maximum atomic E-state index is 6.66. The molecule has 2 aromatic carbocycles. The van der Waals surface area contributed by atoms with E-state index in [4.69, 9.17) is 4.43 Å². The molecule has 24 heavy (non-hydrogen) atoms. The Morgan fingerprint density at radius 1 is 0.917 bits per heavy atom. The fraction of sp³-hybridized carbons (Fsp3) is 0.364. The van der Waals surface area contributed by atoms with Crippen LogP contribution in [0.4, 0.5) is 0 Å². The Morgan fingerprint density at radius 2 is 1.42 bits per heavy atom. The highest BCUT2D eigenvalue weighted by Crippen LogP contribution is 2.41. The monoisotopic (exact) mass is 335 g/mol. The van der Waals surface area contributed by atoms with Crippen LogP contribution in [0.15, 0.2) is 72.8 Å². The molecule has 0 bridgehead atoms. The van der Waals surface area contributed by atoms with Crippen molar-refractivity contribution >= 4 is 19.4 Å². The lowest BCUT2D eigenvalue weighted by atomic mass is 9.70. The summed E-state index contributed by atoms with van der Waals surface area (Å²) < 4.78 is 6.66. The van der Waals surface area contributed by atoms with Gasteiger partial charge < -0.3 is 4.43 Å². The third-order valence-corrected chi connectivity index (χ3v) is 7.43. The zero-order valence-corrected chi connectivity index (χ0v) is 15.6. The molecule has 0 amide bonds. The van der Waals surface area contributed by atoms with Crippen molar-refractivity contribution in [3.8, 4) is 0 Å². The van der Waals surface area contributed by atoms with Gasteiger partial charge in [0.05, 0.1) is 0 Å². The quantitative estimate of drug-likeness (QED) is 0.564. The zero-order valence-electron chi connectivity index (χ0n) is 14.6. The summed E-state index contributed by atoms with van der Waals surface area (Å²) in [6, 6.07) is 21.4. The first kappa shape index (κ1) is 17.2. The van der Waals surface area contributed by atoms with E-state index in [0.29, 0.717) is 0 Å². The molecule has 125 valence electrons. The third kappa shape index (κ3) is 3.88. The molecular formula is C22H27OSi. The second kappa shape index (κ2) is 7.95. The van der Waals surface area contributed by atoms with Crippen LogP contribution in [0.3, 0.4) is 0 Å². The highest BCUT2D eigenvalue weighted by Gasteiger charge is 2.34. The molecular weight excluding hydrogens is 308 g/mol. The Hall–Kier alpha value is -1.64. The van der Waals surface area contributed by atoms with E-state index in [1.165, 1.54) is 48.1 Å². The molecule has 0 aliphatic heterocycles. The van der Waals surface area contributed by atoms with Crippen molar-refractivity contribution in [1.29, 1.82) is 0 Å².